The molecular weight excluding hydrogens is 386 g/mol. The summed E-state index contributed by atoms with van der Waals surface area (Å²) in [4.78, 5) is 35.6. The van der Waals surface area contributed by atoms with E-state index in [1.165, 1.54) is 17.3 Å². The molecular formula is C18H25N3O6S. The van der Waals surface area contributed by atoms with E-state index in [-0.39, 0.29) is 17.5 Å². The third-order valence-electron chi connectivity index (χ3n) is 4.28. The first kappa shape index (κ1) is 21.7. The van der Waals surface area contributed by atoms with Gasteiger partial charge < -0.3 is 15.4 Å². The molecule has 0 aromatic heterocycles. The van der Waals surface area contributed by atoms with Crippen molar-refractivity contribution in [2.45, 2.75) is 39.3 Å². The van der Waals surface area contributed by atoms with Gasteiger partial charge in [0.05, 0.1) is 17.5 Å². The van der Waals surface area contributed by atoms with Crippen molar-refractivity contribution >= 4 is 33.5 Å². The third kappa shape index (κ3) is 5.00. The predicted octanol–water partition coefficient (Wildman–Crippen LogP) is 0.195. The Bertz CT molecular complexity index is 883. The standard InChI is InChI=1S/C18H25N3O6S/c1-5-19-17(23)12(3)20-16(22)10-27-18(24)13-6-7-15-14(9-13)8-11(2)21(15)28(4,25)26/h6-7,9,11-12H,5,8,10H2,1-4H3,(H,19,23)(H,20,22)/t11-,12+/m1/s1. The third-order valence-corrected chi connectivity index (χ3v) is 5.55. The van der Waals surface area contributed by atoms with Crippen LogP contribution in [0.4, 0.5) is 5.69 Å². The number of rotatable bonds is 7. The van der Waals surface area contributed by atoms with Crippen LogP contribution in [0, 0.1) is 0 Å². The summed E-state index contributed by atoms with van der Waals surface area (Å²) in [6.45, 7) is 5.01. The summed E-state index contributed by atoms with van der Waals surface area (Å²) in [6.07, 6.45) is 1.62. The molecule has 9 nitrogen and oxygen atoms in total. The molecule has 1 aliphatic heterocycles. The van der Waals surface area contributed by atoms with Gasteiger partial charge in [-0.2, -0.15) is 0 Å². The number of anilines is 1. The van der Waals surface area contributed by atoms with Gasteiger partial charge in [0.15, 0.2) is 6.61 Å². The molecule has 0 saturated heterocycles. The first-order chi connectivity index (χ1) is 13.0. The molecule has 154 valence electrons. The van der Waals surface area contributed by atoms with E-state index in [4.69, 9.17) is 4.74 Å². The van der Waals surface area contributed by atoms with Gasteiger partial charge in [-0.15, -0.1) is 0 Å². The Labute approximate surface area is 164 Å². The van der Waals surface area contributed by atoms with Gasteiger partial charge in [0.2, 0.25) is 15.9 Å². The molecule has 0 aliphatic carbocycles. The van der Waals surface area contributed by atoms with Crippen molar-refractivity contribution in [1.29, 1.82) is 0 Å². The normalized spacial score (nSPS) is 16.9. The van der Waals surface area contributed by atoms with Crippen molar-refractivity contribution in [2.24, 2.45) is 0 Å². The van der Waals surface area contributed by atoms with Crippen LogP contribution in [-0.2, 0) is 30.8 Å². The van der Waals surface area contributed by atoms with Crippen molar-refractivity contribution in [3.8, 4) is 0 Å². The molecule has 0 saturated carbocycles. The number of fused-ring (bicyclic) bond motifs is 1. The molecule has 2 N–H and O–H groups in total. The number of esters is 1. The number of benzene rings is 1. The summed E-state index contributed by atoms with van der Waals surface area (Å²) < 4.78 is 30.2. The highest BCUT2D eigenvalue weighted by Gasteiger charge is 2.33. The zero-order valence-electron chi connectivity index (χ0n) is 16.3. The number of nitrogens with one attached hydrogen (secondary N) is 2. The minimum absolute atomic E-state index is 0.228. The number of sulfonamides is 1. The van der Waals surface area contributed by atoms with E-state index in [0.717, 1.165) is 11.8 Å². The second-order valence-electron chi connectivity index (χ2n) is 6.72. The smallest absolute Gasteiger partial charge is 0.338 e. The quantitative estimate of drug-likeness (QED) is 0.618. The van der Waals surface area contributed by atoms with Crippen molar-refractivity contribution < 1.29 is 27.5 Å². The van der Waals surface area contributed by atoms with Gasteiger partial charge in [-0.05, 0) is 51.0 Å². The summed E-state index contributed by atoms with van der Waals surface area (Å²) in [5.74, 6) is -1.62. The number of nitrogens with zero attached hydrogens (tertiary/aromatic N) is 1. The fourth-order valence-corrected chi connectivity index (χ4v) is 4.39. The van der Waals surface area contributed by atoms with Crippen LogP contribution in [0.3, 0.4) is 0 Å². The molecule has 2 atom stereocenters. The Morgan fingerprint density at radius 2 is 2.00 bits per heavy atom. The van der Waals surface area contributed by atoms with E-state index in [2.05, 4.69) is 10.6 Å². The summed E-state index contributed by atoms with van der Waals surface area (Å²) >= 11 is 0. The number of amides is 2. The van der Waals surface area contributed by atoms with E-state index >= 15 is 0 Å². The molecule has 10 heteroatoms. The SMILES string of the molecule is CCNC(=O)[C@H](C)NC(=O)COC(=O)c1ccc2c(c1)C[C@@H](C)N2S(C)(=O)=O. The molecule has 2 amide bonds. The van der Waals surface area contributed by atoms with Crippen LogP contribution in [0.15, 0.2) is 18.2 Å². The fourth-order valence-electron chi connectivity index (χ4n) is 3.13. The molecule has 0 bridgehead atoms. The summed E-state index contributed by atoms with van der Waals surface area (Å²) in [7, 11) is -3.41. The minimum atomic E-state index is -3.41. The summed E-state index contributed by atoms with van der Waals surface area (Å²) in [6, 6.07) is 3.63. The number of hydrogen-bond acceptors (Lipinski definition) is 6. The van der Waals surface area contributed by atoms with E-state index < -0.39 is 34.5 Å². The number of likely N-dealkylation sites (N-methyl/N-ethyl adjacent to an activating group) is 1. The number of carbonyl (C=O) groups is 3. The molecule has 1 aromatic carbocycles. The van der Waals surface area contributed by atoms with Gasteiger partial charge in [-0.3, -0.25) is 13.9 Å². The zero-order valence-corrected chi connectivity index (χ0v) is 17.1. The number of hydrogen-bond donors (Lipinski definition) is 2. The fraction of sp³-hybridized carbons (Fsp3) is 0.500. The highest BCUT2D eigenvalue weighted by Crippen LogP contribution is 2.34. The van der Waals surface area contributed by atoms with Gasteiger partial charge in [-0.25, -0.2) is 13.2 Å². The predicted molar refractivity (Wildman–Crippen MR) is 104 cm³/mol. The average Bonchev–Trinajstić information content (AvgIpc) is 2.94. The van der Waals surface area contributed by atoms with Crippen LogP contribution in [0.25, 0.3) is 0 Å². The Kier molecular flexibility index (Phi) is 6.65. The molecule has 2 rings (SSSR count). The monoisotopic (exact) mass is 411 g/mol. The molecule has 0 fully saturated rings. The Hall–Kier alpha value is -2.62. The van der Waals surface area contributed by atoms with Gasteiger partial charge in [-0.1, -0.05) is 0 Å². The zero-order chi connectivity index (χ0) is 21.1. The highest BCUT2D eigenvalue weighted by atomic mass is 32.2. The maximum absolute atomic E-state index is 12.2. The van der Waals surface area contributed by atoms with Gasteiger partial charge in [0.1, 0.15) is 6.04 Å². The maximum atomic E-state index is 12.2. The first-order valence-electron chi connectivity index (χ1n) is 8.91. The van der Waals surface area contributed by atoms with Crippen LogP contribution in [0.5, 0.6) is 0 Å². The first-order valence-corrected chi connectivity index (χ1v) is 10.8. The van der Waals surface area contributed by atoms with E-state index in [1.807, 2.05) is 0 Å². The highest BCUT2D eigenvalue weighted by molar-refractivity contribution is 7.92. The van der Waals surface area contributed by atoms with Gasteiger partial charge in [0, 0.05) is 12.6 Å². The largest absolute Gasteiger partial charge is 0.452 e. The van der Waals surface area contributed by atoms with Crippen molar-refractivity contribution in [2.75, 3.05) is 23.7 Å². The Morgan fingerprint density at radius 3 is 2.61 bits per heavy atom. The maximum Gasteiger partial charge on any atom is 0.338 e. The molecule has 1 aliphatic rings. The molecule has 0 unspecified atom stereocenters. The van der Waals surface area contributed by atoms with E-state index in [0.29, 0.717) is 18.7 Å². The lowest BCUT2D eigenvalue weighted by atomic mass is 10.1. The number of ether oxygens (including phenoxy) is 1. The second-order valence-corrected chi connectivity index (χ2v) is 8.57. The molecule has 1 heterocycles. The minimum Gasteiger partial charge on any atom is -0.452 e. The van der Waals surface area contributed by atoms with E-state index in [9.17, 15) is 22.8 Å². The molecule has 28 heavy (non-hydrogen) atoms. The van der Waals surface area contributed by atoms with Crippen molar-refractivity contribution in [1.82, 2.24) is 10.6 Å². The van der Waals surface area contributed by atoms with Crippen LogP contribution >= 0.6 is 0 Å². The summed E-state index contributed by atoms with van der Waals surface area (Å²) in [5, 5.41) is 5.01. The lowest BCUT2D eigenvalue weighted by Crippen LogP contribution is -2.46. The molecule has 0 radical (unpaired) electrons. The summed E-state index contributed by atoms with van der Waals surface area (Å²) in [5.41, 5.74) is 1.49. The van der Waals surface area contributed by atoms with Crippen LogP contribution in [-0.4, -0.2) is 57.7 Å². The lowest BCUT2D eigenvalue weighted by molar-refractivity contribution is -0.130. The van der Waals surface area contributed by atoms with Gasteiger partial charge in [0.25, 0.3) is 5.91 Å². The lowest BCUT2D eigenvalue weighted by Gasteiger charge is -2.21. The van der Waals surface area contributed by atoms with E-state index in [1.54, 1.807) is 26.0 Å². The number of carbonyl (C=O) groups excluding carboxylic acids is 3. The topological polar surface area (TPSA) is 122 Å². The Balaban J connectivity index is 1.98. The van der Waals surface area contributed by atoms with Crippen molar-refractivity contribution in [3.63, 3.8) is 0 Å². The van der Waals surface area contributed by atoms with Crippen LogP contribution in [0.2, 0.25) is 0 Å². The molecule has 0 spiro atoms. The van der Waals surface area contributed by atoms with Crippen LogP contribution < -0.4 is 14.9 Å². The van der Waals surface area contributed by atoms with Gasteiger partial charge >= 0.3 is 5.97 Å². The van der Waals surface area contributed by atoms with Crippen LogP contribution in [0.1, 0.15) is 36.7 Å². The Morgan fingerprint density at radius 1 is 1.32 bits per heavy atom. The van der Waals surface area contributed by atoms with Crippen molar-refractivity contribution in [3.05, 3.63) is 29.3 Å². The molecule has 1 aromatic rings. The average molecular weight is 411 g/mol. The second kappa shape index (κ2) is 8.59.